The van der Waals surface area contributed by atoms with Crippen LogP contribution in [-0.2, 0) is 6.54 Å². The third-order valence-corrected chi connectivity index (χ3v) is 3.05. The number of carbonyl (C=O) groups is 1. The molecule has 1 heterocycles. The maximum atomic E-state index is 11.7. The zero-order valence-corrected chi connectivity index (χ0v) is 9.37. The van der Waals surface area contributed by atoms with Crippen LogP contribution in [0.25, 0.3) is 0 Å². The summed E-state index contributed by atoms with van der Waals surface area (Å²) < 4.78 is 0. The molecule has 1 N–H and O–H groups in total. The molecule has 2 rings (SSSR count). The third-order valence-electron chi connectivity index (χ3n) is 3.05. The zero-order valence-electron chi connectivity index (χ0n) is 9.37. The summed E-state index contributed by atoms with van der Waals surface area (Å²) in [6.07, 6.45) is 0. The molecule has 1 amide bonds. The van der Waals surface area contributed by atoms with Crippen molar-refractivity contribution < 1.29 is 4.79 Å². The fourth-order valence-corrected chi connectivity index (χ4v) is 1.92. The summed E-state index contributed by atoms with van der Waals surface area (Å²) in [5.41, 5.74) is 3.23. The number of benzene rings is 1. The summed E-state index contributed by atoms with van der Waals surface area (Å²) in [7, 11) is 3.78. The molecular weight excluding hydrogens is 188 g/mol. The van der Waals surface area contributed by atoms with E-state index in [9.17, 15) is 4.79 Å². The highest BCUT2D eigenvalue weighted by atomic mass is 16.2. The van der Waals surface area contributed by atoms with Gasteiger partial charge in [0, 0.05) is 25.2 Å². The summed E-state index contributed by atoms with van der Waals surface area (Å²) in [6, 6.07) is 6.41. The van der Waals surface area contributed by atoms with E-state index in [1.165, 1.54) is 5.56 Å². The summed E-state index contributed by atoms with van der Waals surface area (Å²) in [6.45, 7) is 2.85. The number of hydrogen-bond acceptors (Lipinski definition) is 2. The van der Waals surface area contributed by atoms with Crippen molar-refractivity contribution in [3.63, 3.8) is 0 Å². The number of amides is 1. The smallest absolute Gasteiger partial charge is 0.254 e. The van der Waals surface area contributed by atoms with Crippen LogP contribution >= 0.6 is 0 Å². The van der Waals surface area contributed by atoms with E-state index >= 15 is 0 Å². The van der Waals surface area contributed by atoms with Crippen molar-refractivity contribution in [2.24, 2.45) is 0 Å². The summed E-state index contributed by atoms with van der Waals surface area (Å²) in [5.74, 6) is 0.133. The lowest BCUT2D eigenvalue weighted by Crippen LogP contribution is -2.17. The lowest BCUT2D eigenvalue weighted by molar-refractivity contribution is 0.0816. The standard InChI is InChI=1S/C12H16N2O/c1-8(13-2)9-4-5-11-10(6-9)7-14(3)12(11)15/h4-6,8,13H,7H2,1-3H3. The van der Waals surface area contributed by atoms with Gasteiger partial charge in [-0.25, -0.2) is 0 Å². The van der Waals surface area contributed by atoms with Crippen LogP contribution in [-0.4, -0.2) is 24.9 Å². The first-order valence-corrected chi connectivity index (χ1v) is 5.19. The molecule has 1 unspecified atom stereocenters. The molecule has 3 nitrogen and oxygen atoms in total. The average molecular weight is 204 g/mol. The van der Waals surface area contributed by atoms with Gasteiger partial charge in [-0.1, -0.05) is 12.1 Å². The first-order chi connectivity index (χ1) is 7.13. The molecular formula is C12H16N2O. The number of nitrogens with zero attached hydrogens (tertiary/aromatic N) is 1. The second-order valence-electron chi connectivity index (χ2n) is 4.09. The molecule has 15 heavy (non-hydrogen) atoms. The van der Waals surface area contributed by atoms with Crippen molar-refractivity contribution in [3.05, 3.63) is 34.9 Å². The van der Waals surface area contributed by atoms with E-state index in [0.29, 0.717) is 6.04 Å². The Kier molecular flexibility index (Phi) is 2.49. The first-order valence-electron chi connectivity index (χ1n) is 5.19. The Balaban J connectivity index is 2.37. The van der Waals surface area contributed by atoms with Gasteiger partial charge in [0.05, 0.1) is 0 Å². The number of rotatable bonds is 2. The van der Waals surface area contributed by atoms with Crippen LogP contribution in [0.1, 0.15) is 34.5 Å². The van der Waals surface area contributed by atoms with E-state index < -0.39 is 0 Å². The van der Waals surface area contributed by atoms with Gasteiger partial charge >= 0.3 is 0 Å². The van der Waals surface area contributed by atoms with Gasteiger partial charge in [-0.15, -0.1) is 0 Å². The molecule has 1 atom stereocenters. The van der Waals surface area contributed by atoms with E-state index in [2.05, 4.69) is 18.3 Å². The van der Waals surface area contributed by atoms with Gasteiger partial charge in [-0.05, 0) is 31.2 Å². The predicted octanol–water partition coefficient (Wildman–Crippen LogP) is 1.55. The Morgan fingerprint density at radius 2 is 2.20 bits per heavy atom. The van der Waals surface area contributed by atoms with E-state index in [1.54, 1.807) is 4.90 Å². The fourth-order valence-electron chi connectivity index (χ4n) is 1.92. The molecule has 0 bridgehead atoms. The van der Waals surface area contributed by atoms with Gasteiger partial charge in [-0.3, -0.25) is 4.79 Å². The summed E-state index contributed by atoms with van der Waals surface area (Å²) in [4.78, 5) is 13.4. The topological polar surface area (TPSA) is 32.3 Å². The Morgan fingerprint density at radius 1 is 1.47 bits per heavy atom. The van der Waals surface area contributed by atoms with Crippen molar-refractivity contribution in [1.29, 1.82) is 0 Å². The maximum Gasteiger partial charge on any atom is 0.254 e. The van der Waals surface area contributed by atoms with Crippen LogP contribution in [0.2, 0.25) is 0 Å². The Morgan fingerprint density at radius 3 is 2.87 bits per heavy atom. The molecule has 0 saturated carbocycles. The number of hydrogen-bond donors (Lipinski definition) is 1. The van der Waals surface area contributed by atoms with E-state index in [-0.39, 0.29) is 5.91 Å². The summed E-state index contributed by atoms with van der Waals surface area (Å²) in [5, 5.41) is 3.20. The van der Waals surface area contributed by atoms with Crippen LogP contribution in [0.5, 0.6) is 0 Å². The van der Waals surface area contributed by atoms with Gasteiger partial charge in [0.1, 0.15) is 0 Å². The highest BCUT2D eigenvalue weighted by Crippen LogP contribution is 2.24. The van der Waals surface area contributed by atoms with Crippen molar-refractivity contribution in [3.8, 4) is 0 Å². The average Bonchev–Trinajstić information content (AvgIpc) is 2.53. The Hall–Kier alpha value is -1.35. The van der Waals surface area contributed by atoms with E-state index in [0.717, 1.165) is 17.7 Å². The maximum absolute atomic E-state index is 11.7. The molecule has 3 heteroatoms. The monoisotopic (exact) mass is 204 g/mol. The molecule has 0 radical (unpaired) electrons. The Bertz CT molecular complexity index is 401. The molecule has 1 aliphatic rings. The Labute approximate surface area is 90.1 Å². The minimum atomic E-state index is 0.133. The molecule has 1 aromatic carbocycles. The van der Waals surface area contributed by atoms with Crippen molar-refractivity contribution in [2.75, 3.05) is 14.1 Å². The van der Waals surface area contributed by atoms with Gasteiger partial charge in [-0.2, -0.15) is 0 Å². The zero-order chi connectivity index (χ0) is 11.0. The van der Waals surface area contributed by atoms with Crippen LogP contribution in [0.4, 0.5) is 0 Å². The number of carbonyl (C=O) groups excluding carboxylic acids is 1. The van der Waals surface area contributed by atoms with Crippen LogP contribution in [0.15, 0.2) is 18.2 Å². The minimum absolute atomic E-state index is 0.133. The van der Waals surface area contributed by atoms with Crippen molar-refractivity contribution >= 4 is 5.91 Å². The van der Waals surface area contributed by atoms with Gasteiger partial charge in [0.2, 0.25) is 0 Å². The molecule has 0 aliphatic carbocycles. The second kappa shape index (κ2) is 3.66. The first kappa shape index (κ1) is 10.2. The largest absolute Gasteiger partial charge is 0.337 e. The molecule has 0 aromatic heterocycles. The normalized spacial score (nSPS) is 16.7. The molecule has 80 valence electrons. The second-order valence-corrected chi connectivity index (χ2v) is 4.09. The fraction of sp³-hybridized carbons (Fsp3) is 0.417. The predicted molar refractivity (Wildman–Crippen MR) is 59.7 cm³/mol. The highest BCUT2D eigenvalue weighted by Gasteiger charge is 2.24. The van der Waals surface area contributed by atoms with E-state index in [1.807, 2.05) is 26.2 Å². The minimum Gasteiger partial charge on any atom is -0.337 e. The third kappa shape index (κ3) is 1.63. The van der Waals surface area contributed by atoms with Gasteiger partial charge in [0.25, 0.3) is 5.91 Å². The quantitative estimate of drug-likeness (QED) is 0.792. The van der Waals surface area contributed by atoms with Crippen LogP contribution < -0.4 is 5.32 Å². The molecule has 1 aliphatic heterocycles. The molecule has 0 fully saturated rings. The molecule has 1 aromatic rings. The lowest BCUT2D eigenvalue weighted by atomic mass is 10.0. The van der Waals surface area contributed by atoms with Crippen LogP contribution in [0, 0.1) is 0 Å². The van der Waals surface area contributed by atoms with Crippen LogP contribution in [0.3, 0.4) is 0 Å². The molecule has 0 spiro atoms. The summed E-state index contributed by atoms with van der Waals surface area (Å²) >= 11 is 0. The van der Waals surface area contributed by atoms with Gasteiger partial charge < -0.3 is 10.2 Å². The number of fused-ring (bicyclic) bond motifs is 1. The van der Waals surface area contributed by atoms with Gasteiger partial charge in [0.15, 0.2) is 0 Å². The highest BCUT2D eigenvalue weighted by molar-refractivity contribution is 5.98. The SMILES string of the molecule is CNC(C)c1ccc2c(c1)CN(C)C2=O. The van der Waals surface area contributed by atoms with E-state index in [4.69, 9.17) is 0 Å². The molecule has 0 saturated heterocycles. The van der Waals surface area contributed by atoms with Crippen molar-refractivity contribution in [1.82, 2.24) is 10.2 Å². The van der Waals surface area contributed by atoms with Crippen molar-refractivity contribution in [2.45, 2.75) is 19.5 Å². The lowest BCUT2D eigenvalue weighted by Gasteiger charge is -2.11. The number of nitrogens with one attached hydrogen (secondary N) is 1.